The molecule has 3 nitrogen and oxygen atoms in total. The third kappa shape index (κ3) is 3.05. The van der Waals surface area contributed by atoms with Gasteiger partial charge in [0.2, 0.25) is 0 Å². The summed E-state index contributed by atoms with van der Waals surface area (Å²) in [5.41, 5.74) is 2.58. The Bertz CT molecular complexity index is 411. The summed E-state index contributed by atoms with van der Waals surface area (Å²) >= 11 is 3.53. The van der Waals surface area contributed by atoms with Crippen LogP contribution in [0.25, 0.3) is 0 Å². The molecule has 0 aliphatic carbocycles. The Labute approximate surface area is 117 Å². The Morgan fingerprint density at radius 1 is 1.50 bits per heavy atom. The minimum absolute atomic E-state index is 0.149. The van der Waals surface area contributed by atoms with Crippen molar-refractivity contribution in [2.24, 2.45) is 5.92 Å². The first-order valence-corrected chi connectivity index (χ1v) is 7.27. The summed E-state index contributed by atoms with van der Waals surface area (Å²) < 4.78 is 1.11. The highest BCUT2D eigenvalue weighted by molar-refractivity contribution is 9.10. The normalized spacial score (nSPS) is 24.3. The molecular formula is C14H21BrN2O. The molecule has 0 saturated carbocycles. The summed E-state index contributed by atoms with van der Waals surface area (Å²) in [4.78, 5) is 2.39. The lowest BCUT2D eigenvalue weighted by Gasteiger charge is -2.37. The highest BCUT2D eigenvalue weighted by Crippen LogP contribution is 2.28. The molecule has 2 N–H and O–H groups in total. The van der Waals surface area contributed by atoms with E-state index in [1.165, 1.54) is 11.3 Å². The van der Waals surface area contributed by atoms with Crippen LogP contribution in [0.15, 0.2) is 22.7 Å². The molecular weight excluding hydrogens is 292 g/mol. The maximum Gasteiger partial charge on any atom is 0.0599 e. The fraction of sp³-hybridized carbons (Fsp3) is 0.571. The molecule has 1 aliphatic rings. The number of nitrogens with zero attached hydrogens (tertiary/aromatic N) is 1. The van der Waals surface area contributed by atoms with Gasteiger partial charge in [-0.2, -0.15) is 0 Å². The summed E-state index contributed by atoms with van der Waals surface area (Å²) in [6.07, 6.45) is 0.709. The van der Waals surface area contributed by atoms with Crippen LogP contribution in [0.5, 0.6) is 0 Å². The van der Waals surface area contributed by atoms with Gasteiger partial charge < -0.3 is 15.3 Å². The average Bonchev–Trinajstić information content (AvgIpc) is 2.34. The zero-order chi connectivity index (χ0) is 13.1. The lowest BCUT2D eigenvalue weighted by atomic mass is 9.95. The monoisotopic (exact) mass is 312 g/mol. The minimum Gasteiger partial charge on any atom is -0.393 e. The Hall–Kier alpha value is -0.580. The number of hydrogen-bond acceptors (Lipinski definition) is 3. The quantitative estimate of drug-likeness (QED) is 0.899. The highest BCUT2D eigenvalue weighted by Gasteiger charge is 2.25. The van der Waals surface area contributed by atoms with E-state index in [2.05, 4.69) is 51.3 Å². The van der Waals surface area contributed by atoms with Crippen LogP contribution >= 0.6 is 15.9 Å². The van der Waals surface area contributed by atoms with Crippen molar-refractivity contribution in [3.05, 3.63) is 28.2 Å². The van der Waals surface area contributed by atoms with Crippen LogP contribution in [0.1, 0.15) is 18.9 Å². The standard InChI is InChI=1S/C14H21BrN2O/c1-10-9-17(6-5-14(10)18)13-4-3-12(15)7-11(13)8-16-2/h3-4,7,10,14,16,18H,5-6,8-9H2,1-2H3. The van der Waals surface area contributed by atoms with Gasteiger partial charge in [0, 0.05) is 29.8 Å². The second kappa shape index (κ2) is 6.04. The molecule has 4 heteroatoms. The molecule has 0 spiro atoms. The van der Waals surface area contributed by atoms with Gasteiger partial charge in [-0.05, 0) is 43.1 Å². The number of benzene rings is 1. The molecule has 1 aliphatic heterocycles. The Balaban J connectivity index is 2.22. The molecule has 1 saturated heterocycles. The molecule has 0 radical (unpaired) electrons. The third-order valence-electron chi connectivity index (χ3n) is 3.61. The summed E-state index contributed by atoms with van der Waals surface area (Å²) in [6.45, 7) is 4.85. The zero-order valence-corrected chi connectivity index (χ0v) is 12.6. The number of rotatable bonds is 3. The van der Waals surface area contributed by atoms with E-state index in [0.29, 0.717) is 5.92 Å². The first kappa shape index (κ1) is 13.8. The molecule has 100 valence electrons. The third-order valence-corrected chi connectivity index (χ3v) is 4.10. The number of hydrogen-bond donors (Lipinski definition) is 2. The molecule has 1 fully saturated rings. The van der Waals surface area contributed by atoms with E-state index in [0.717, 1.165) is 30.5 Å². The number of aliphatic hydroxyl groups excluding tert-OH is 1. The van der Waals surface area contributed by atoms with Crippen molar-refractivity contribution in [3.8, 4) is 0 Å². The summed E-state index contributed by atoms with van der Waals surface area (Å²) in [5, 5.41) is 13.0. The van der Waals surface area contributed by atoms with E-state index < -0.39 is 0 Å². The molecule has 2 rings (SSSR count). The predicted octanol–water partition coefficient (Wildman–Crippen LogP) is 2.38. The van der Waals surface area contributed by atoms with Gasteiger partial charge in [0.1, 0.15) is 0 Å². The van der Waals surface area contributed by atoms with E-state index in [1.54, 1.807) is 0 Å². The number of anilines is 1. The van der Waals surface area contributed by atoms with Crippen LogP contribution in [0, 0.1) is 5.92 Å². The minimum atomic E-state index is -0.149. The number of piperidine rings is 1. The second-order valence-corrected chi connectivity index (χ2v) is 6.00. The van der Waals surface area contributed by atoms with Crippen LogP contribution in [-0.2, 0) is 6.54 Å². The van der Waals surface area contributed by atoms with Gasteiger partial charge in [-0.3, -0.25) is 0 Å². The summed E-state index contributed by atoms with van der Waals surface area (Å²) in [7, 11) is 1.97. The summed E-state index contributed by atoms with van der Waals surface area (Å²) in [6, 6.07) is 6.42. The van der Waals surface area contributed by atoms with Crippen molar-refractivity contribution in [2.45, 2.75) is 26.0 Å². The van der Waals surface area contributed by atoms with E-state index in [9.17, 15) is 5.11 Å². The molecule has 18 heavy (non-hydrogen) atoms. The van der Waals surface area contributed by atoms with Crippen molar-refractivity contribution in [2.75, 3.05) is 25.0 Å². The fourth-order valence-electron chi connectivity index (χ4n) is 2.55. The van der Waals surface area contributed by atoms with Crippen LogP contribution < -0.4 is 10.2 Å². The molecule has 2 atom stereocenters. The molecule has 1 heterocycles. The maximum absolute atomic E-state index is 9.81. The Morgan fingerprint density at radius 2 is 2.28 bits per heavy atom. The highest BCUT2D eigenvalue weighted by atomic mass is 79.9. The van der Waals surface area contributed by atoms with E-state index in [4.69, 9.17) is 0 Å². The number of halogens is 1. The van der Waals surface area contributed by atoms with E-state index in [-0.39, 0.29) is 6.10 Å². The van der Waals surface area contributed by atoms with Gasteiger partial charge in [0.15, 0.2) is 0 Å². The van der Waals surface area contributed by atoms with Crippen LogP contribution in [0.4, 0.5) is 5.69 Å². The van der Waals surface area contributed by atoms with Gasteiger partial charge >= 0.3 is 0 Å². The topological polar surface area (TPSA) is 35.5 Å². The summed E-state index contributed by atoms with van der Waals surface area (Å²) in [5.74, 6) is 0.338. The molecule has 0 amide bonds. The van der Waals surface area contributed by atoms with E-state index >= 15 is 0 Å². The molecule has 0 aromatic heterocycles. The van der Waals surface area contributed by atoms with Crippen molar-refractivity contribution in [3.63, 3.8) is 0 Å². The number of nitrogens with one attached hydrogen (secondary N) is 1. The first-order valence-electron chi connectivity index (χ1n) is 6.48. The van der Waals surface area contributed by atoms with Gasteiger partial charge in [-0.15, -0.1) is 0 Å². The van der Waals surface area contributed by atoms with Gasteiger partial charge in [0.25, 0.3) is 0 Å². The predicted molar refractivity (Wildman–Crippen MR) is 78.9 cm³/mol. The van der Waals surface area contributed by atoms with Gasteiger partial charge in [-0.1, -0.05) is 22.9 Å². The van der Waals surface area contributed by atoms with Gasteiger partial charge in [-0.25, -0.2) is 0 Å². The van der Waals surface area contributed by atoms with E-state index in [1.807, 2.05) is 7.05 Å². The SMILES string of the molecule is CNCc1cc(Br)ccc1N1CCC(O)C(C)C1. The maximum atomic E-state index is 9.81. The van der Waals surface area contributed by atoms with Crippen LogP contribution in [-0.4, -0.2) is 31.3 Å². The van der Waals surface area contributed by atoms with Crippen molar-refractivity contribution >= 4 is 21.6 Å². The van der Waals surface area contributed by atoms with Crippen LogP contribution in [0.3, 0.4) is 0 Å². The lowest BCUT2D eigenvalue weighted by Crippen LogP contribution is -2.42. The fourth-order valence-corrected chi connectivity index (χ4v) is 2.96. The Morgan fingerprint density at radius 3 is 2.94 bits per heavy atom. The molecule has 2 unspecified atom stereocenters. The van der Waals surface area contributed by atoms with Crippen molar-refractivity contribution in [1.29, 1.82) is 0 Å². The van der Waals surface area contributed by atoms with Crippen LogP contribution in [0.2, 0.25) is 0 Å². The average molecular weight is 313 g/mol. The zero-order valence-electron chi connectivity index (χ0n) is 11.0. The Kier molecular flexibility index (Phi) is 4.65. The van der Waals surface area contributed by atoms with Crippen molar-refractivity contribution < 1.29 is 5.11 Å². The largest absolute Gasteiger partial charge is 0.393 e. The lowest BCUT2D eigenvalue weighted by molar-refractivity contribution is 0.0970. The second-order valence-electron chi connectivity index (χ2n) is 5.08. The molecule has 1 aromatic rings. The number of aliphatic hydroxyl groups is 1. The van der Waals surface area contributed by atoms with Gasteiger partial charge in [0.05, 0.1) is 6.10 Å². The molecule has 0 bridgehead atoms. The molecule has 1 aromatic carbocycles. The van der Waals surface area contributed by atoms with Crippen molar-refractivity contribution in [1.82, 2.24) is 5.32 Å². The smallest absolute Gasteiger partial charge is 0.0599 e. The first-order chi connectivity index (χ1) is 8.61.